The summed E-state index contributed by atoms with van der Waals surface area (Å²) in [6.45, 7) is 4.03. The lowest BCUT2D eigenvalue weighted by molar-refractivity contribution is 0.245. The van der Waals surface area contributed by atoms with E-state index < -0.39 is 0 Å². The maximum atomic E-state index is 5.63. The summed E-state index contributed by atoms with van der Waals surface area (Å²) in [6.07, 6.45) is 3.81. The lowest BCUT2D eigenvalue weighted by Crippen LogP contribution is -2.05. The average Bonchev–Trinajstić information content (AvgIpc) is 2.51. The smallest absolute Gasteiger partial charge is 0.140 e. The van der Waals surface area contributed by atoms with Crippen molar-refractivity contribution in [3.63, 3.8) is 0 Å². The quantitative estimate of drug-likeness (QED) is 0.762. The number of hydrogen-bond acceptors (Lipinski definition) is 2. The van der Waals surface area contributed by atoms with Gasteiger partial charge in [-0.1, -0.05) is 0 Å². The Morgan fingerprint density at radius 3 is 3.00 bits per heavy atom. The maximum Gasteiger partial charge on any atom is 0.140 e. The molecular weight excluding hydrogens is 164 g/mol. The van der Waals surface area contributed by atoms with Crippen LogP contribution in [0.1, 0.15) is 13.8 Å². The molecule has 0 amide bonds. The third-order valence-corrected chi connectivity index (χ3v) is 1.78. The summed E-state index contributed by atoms with van der Waals surface area (Å²) < 4.78 is 5.63. The highest BCUT2D eigenvalue weighted by Gasteiger charge is 2.04. The fraction of sp³-hybridized carbons (Fsp3) is 0.300. The third-order valence-electron chi connectivity index (χ3n) is 1.78. The molecule has 3 heteroatoms. The van der Waals surface area contributed by atoms with E-state index in [1.54, 1.807) is 6.20 Å². The molecule has 0 aromatic carbocycles. The van der Waals surface area contributed by atoms with Gasteiger partial charge in [0.05, 0.1) is 11.5 Å². The van der Waals surface area contributed by atoms with Crippen LogP contribution in [-0.4, -0.2) is 16.1 Å². The Kier molecular flexibility index (Phi) is 1.93. The first-order valence-electron chi connectivity index (χ1n) is 4.36. The highest BCUT2D eigenvalue weighted by atomic mass is 16.5. The molecule has 68 valence electrons. The van der Waals surface area contributed by atoms with Crippen LogP contribution in [0.3, 0.4) is 0 Å². The Balaban J connectivity index is 2.48. The number of aromatic nitrogens is 2. The summed E-state index contributed by atoms with van der Waals surface area (Å²) >= 11 is 0. The Morgan fingerprint density at radius 2 is 2.23 bits per heavy atom. The fourth-order valence-corrected chi connectivity index (χ4v) is 1.29. The van der Waals surface area contributed by atoms with Crippen LogP contribution in [0.5, 0.6) is 5.75 Å². The standard InChI is InChI=1S/C10H12N2O/c1-7(2)13-9-4-6-12-10-8(9)3-5-11-10/h3-7H,1-2H3,(H,11,12). The predicted octanol–water partition coefficient (Wildman–Crippen LogP) is 2.35. The van der Waals surface area contributed by atoms with E-state index in [9.17, 15) is 0 Å². The zero-order chi connectivity index (χ0) is 9.26. The number of nitrogens with zero attached hydrogens (tertiary/aromatic N) is 1. The van der Waals surface area contributed by atoms with E-state index in [1.807, 2.05) is 32.2 Å². The van der Waals surface area contributed by atoms with Gasteiger partial charge in [-0.15, -0.1) is 0 Å². The van der Waals surface area contributed by atoms with Crippen LogP contribution in [-0.2, 0) is 0 Å². The van der Waals surface area contributed by atoms with Crippen LogP contribution in [0.15, 0.2) is 24.5 Å². The first-order chi connectivity index (χ1) is 6.27. The van der Waals surface area contributed by atoms with Gasteiger partial charge in [0.2, 0.25) is 0 Å². The molecule has 0 bridgehead atoms. The van der Waals surface area contributed by atoms with Crippen molar-refractivity contribution in [2.75, 3.05) is 0 Å². The summed E-state index contributed by atoms with van der Waals surface area (Å²) in [5.74, 6) is 0.890. The number of H-pyrrole nitrogens is 1. The molecule has 13 heavy (non-hydrogen) atoms. The molecule has 0 radical (unpaired) electrons. The van der Waals surface area contributed by atoms with Gasteiger partial charge in [-0.05, 0) is 26.0 Å². The van der Waals surface area contributed by atoms with E-state index >= 15 is 0 Å². The molecule has 2 aromatic heterocycles. The molecule has 3 nitrogen and oxygen atoms in total. The topological polar surface area (TPSA) is 37.9 Å². The molecule has 0 unspecified atom stereocenters. The van der Waals surface area contributed by atoms with Gasteiger partial charge in [0, 0.05) is 12.4 Å². The highest BCUT2D eigenvalue weighted by Crippen LogP contribution is 2.23. The van der Waals surface area contributed by atoms with Gasteiger partial charge in [0.15, 0.2) is 0 Å². The molecule has 0 aliphatic carbocycles. The SMILES string of the molecule is CC(C)Oc1ccnc2[nH]ccc12. The molecule has 0 aliphatic rings. The monoisotopic (exact) mass is 176 g/mol. The number of pyridine rings is 1. The lowest BCUT2D eigenvalue weighted by atomic mass is 10.3. The molecule has 2 aromatic rings. The fourth-order valence-electron chi connectivity index (χ4n) is 1.29. The first-order valence-corrected chi connectivity index (χ1v) is 4.36. The number of nitrogens with one attached hydrogen (secondary N) is 1. The summed E-state index contributed by atoms with van der Waals surface area (Å²) in [4.78, 5) is 7.22. The summed E-state index contributed by atoms with van der Waals surface area (Å²) in [5, 5.41) is 1.04. The van der Waals surface area contributed by atoms with Crippen molar-refractivity contribution in [3.8, 4) is 5.75 Å². The minimum atomic E-state index is 0.195. The number of hydrogen-bond donors (Lipinski definition) is 1. The minimum Gasteiger partial charge on any atom is -0.490 e. The summed E-state index contributed by atoms with van der Waals surface area (Å²) in [5.41, 5.74) is 0.873. The Labute approximate surface area is 76.8 Å². The van der Waals surface area contributed by atoms with Crippen molar-refractivity contribution in [2.45, 2.75) is 20.0 Å². The van der Waals surface area contributed by atoms with Crippen LogP contribution in [0.2, 0.25) is 0 Å². The van der Waals surface area contributed by atoms with Crippen molar-refractivity contribution in [1.82, 2.24) is 9.97 Å². The van der Waals surface area contributed by atoms with Crippen molar-refractivity contribution in [1.29, 1.82) is 0 Å². The van der Waals surface area contributed by atoms with Crippen molar-refractivity contribution >= 4 is 11.0 Å². The van der Waals surface area contributed by atoms with E-state index in [1.165, 1.54) is 0 Å². The van der Waals surface area contributed by atoms with Gasteiger partial charge in [-0.25, -0.2) is 4.98 Å². The normalized spacial score (nSPS) is 11.0. The molecule has 1 N–H and O–H groups in total. The van der Waals surface area contributed by atoms with Gasteiger partial charge in [0.25, 0.3) is 0 Å². The van der Waals surface area contributed by atoms with E-state index in [-0.39, 0.29) is 6.10 Å². The van der Waals surface area contributed by atoms with Crippen LogP contribution < -0.4 is 4.74 Å². The molecule has 2 heterocycles. The zero-order valence-corrected chi connectivity index (χ0v) is 7.74. The van der Waals surface area contributed by atoms with Gasteiger partial charge in [-0.3, -0.25) is 0 Å². The Morgan fingerprint density at radius 1 is 1.38 bits per heavy atom. The Bertz CT molecular complexity index is 406. The van der Waals surface area contributed by atoms with Crippen molar-refractivity contribution in [3.05, 3.63) is 24.5 Å². The number of ether oxygens (including phenoxy) is 1. The Hall–Kier alpha value is -1.51. The van der Waals surface area contributed by atoms with E-state index in [0.717, 1.165) is 16.8 Å². The van der Waals surface area contributed by atoms with E-state index in [2.05, 4.69) is 9.97 Å². The second-order valence-electron chi connectivity index (χ2n) is 3.22. The molecular formula is C10H12N2O. The largest absolute Gasteiger partial charge is 0.490 e. The first kappa shape index (κ1) is 8.10. The molecule has 0 atom stereocenters. The average molecular weight is 176 g/mol. The minimum absolute atomic E-state index is 0.195. The molecule has 0 saturated carbocycles. The van der Waals surface area contributed by atoms with E-state index in [0.29, 0.717) is 0 Å². The van der Waals surface area contributed by atoms with Crippen LogP contribution in [0, 0.1) is 0 Å². The number of rotatable bonds is 2. The zero-order valence-electron chi connectivity index (χ0n) is 7.74. The molecule has 0 saturated heterocycles. The molecule has 2 rings (SSSR count). The lowest BCUT2D eigenvalue weighted by Gasteiger charge is -2.09. The van der Waals surface area contributed by atoms with Crippen molar-refractivity contribution in [2.24, 2.45) is 0 Å². The van der Waals surface area contributed by atoms with Gasteiger partial charge >= 0.3 is 0 Å². The highest BCUT2D eigenvalue weighted by molar-refractivity contribution is 5.82. The van der Waals surface area contributed by atoms with Gasteiger partial charge in [-0.2, -0.15) is 0 Å². The predicted molar refractivity (Wildman–Crippen MR) is 51.9 cm³/mol. The number of fused-ring (bicyclic) bond motifs is 1. The number of aromatic amines is 1. The van der Waals surface area contributed by atoms with Crippen LogP contribution in [0.4, 0.5) is 0 Å². The van der Waals surface area contributed by atoms with E-state index in [4.69, 9.17) is 4.74 Å². The molecule has 0 aliphatic heterocycles. The summed E-state index contributed by atoms with van der Waals surface area (Å²) in [7, 11) is 0. The third kappa shape index (κ3) is 1.49. The maximum absolute atomic E-state index is 5.63. The molecule has 0 spiro atoms. The second kappa shape index (κ2) is 3.09. The van der Waals surface area contributed by atoms with Crippen molar-refractivity contribution < 1.29 is 4.74 Å². The van der Waals surface area contributed by atoms with Gasteiger partial charge in [0.1, 0.15) is 11.4 Å². The van der Waals surface area contributed by atoms with Crippen LogP contribution in [0.25, 0.3) is 11.0 Å². The van der Waals surface area contributed by atoms with Gasteiger partial charge < -0.3 is 9.72 Å². The van der Waals surface area contributed by atoms with Crippen LogP contribution >= 0.6 is 0 Å². The summed E-state index contributed by atoms with van der Waals surface area (Å²) in [6, 6.07) is 3.86. The second-order valence-corrected chi connectivity index (χ2v) is 3.22. The molecule has 0 fully saturated rings.